The van der Waals surface area contributed by atoms with Gasteiger partial charge in [-0.15, -0.1) is 10.2 Å². The molecule has 0 saturated carbocycles. The SMILES string of the molecule is O=C(NCCc1cccc(Cl)c1)c1nnc(-c2cccc(Cl)c2)o1. The molecule has 3 aromatic rings. The molecule has 0 bridgehead atoms. The molecule has 0 atom stereocenters. The Labute approximate surface area is 148 Å². The molecule has 0 saturated heterocycles. The number of carbonyl (C=O) groups excluding carboxylic acids is 1. The third kappa shape index (κ3) is 4.13. The Morgan fingerprint density at radius 1 is 1.04 bits per heavy atom. The fourth-order valence-electron chi connectivity index (χ4n) is 2.14. The van der Waals surface area contributed by atoms with Crippen LogP contribution in [0.5, 0.6) is 0 Å². The molecular weight excluding hydrogens is 349 g/mol. The molecule has 0 aliphatic carbocycles. The van der Waals surface area contributed by atoms with Gasteiger partial charge in [-0.1, -0.05) is 41.4 Å². The number of hydrogen-bond acceptors (Lipinski definition) is 4. The van der Waals surface area contributed by atoms with Crippen LogP contribution in [0.2, 0.25) is 10.0 Å². The molecule has 0 aliphatic rings. The monoisotopic (exact) mass is 361 g/mol. The lowest BCUT2D eigenvalue weighted by atomic mass is 10.1. The molecule has 2 aromatic carbocycles. The van der Waals surface area contributed by atoms with Gasteiger partial charge in [-0.3, -0.25) is 4.79 Å². The molecule has 0 fully saturated rings. The Kier molecular flexibility index (Phi) is 5.13. The van der Waals surface area contributed by atoms with Gasteiger partial charge in [0.1, 0.15) is 0 Å². The van der Waals surface area contributed by atoms with Crippen molar-refractivity contribution >= 4 is 29.1 Å². The van der Waals surface area contributed by atoms with E-state index in [0.717, 1.165) is 5.56 Å². The number of nitrogens with one attached hydrogen (secondary N) is 1. The summed E-state index contributed by atoms with van der Waals surface area (Å²) in [4.78, 5) is 12.1. The fraction of sp³-hybridized carbons (Fsp3) is 0.118. The zero-order valence-electron chi connectivity index (χ0n) is 12.5. The van der Waals surface area contributed by atoms with Crippen molar-refractivity contribution in [3.63, 3.8) is 0 Å². The number of hydrogen-bond donors (Lipinski definition) is 1. The highest BCUT2D eigenvalue weighted by Crippen LogP contribution is 2.21. The predicted octanol–water partition coefficient (Wildman–Crippen LogP) is 4.02. The summed E-state index contributed by atoms with van der Waals surface area (Å²) >= 11 is 11.8. The van der Waals surface area contributed by atoms with Crippen LogP contribution in [0.1, 0.15) is 16.2 Å². The standard InChI is InChI=1S/C17H13Cl2N3O2/c18-13-5-1-3-11(9-13)7-8-20-15(23)17-22-21-16(24-17)12-4-2-6-14(19)10-12/h1-6,9-10H,7-8H2,(H,20,23). The van der Waals surface area contributed by atoms with Gasteiger partial charge in [-0.2, -0.15) is 0 Å². The molecule has 1 N–H and O–H groups in total. The van der Waals surface area contributed by atoms with E-state index in [2.05, 4.69) is 15.5 Å². The maximum absolute atomic E-state index is 12.1. The van der Waals surface area contributed by atoms with Crippen LogP contribution in [0.15, 0.2) is 52.9 Å². The maximum Gasteiger partial charge on any atom is 0.308 e. The minimum Gasteiger partial charge on any atom is -0.412 e. The lowest BCUT2D eigenvalue weighted by molar-refractivity contribution is 0.0920. The van der Waals surface area contributed by atoms with Gasteiger partial charge in [0.25, 0.3) is 0 Å². The van der Waals surface area contributed by atoms with Crippen molar-refractivity contribution in [1.29, 1.82) is 0 Å². The normalized spacial score (nSPS) is 10.6. The molecule has 0 aliphatic heterocycles. The van der Waals surface area contributed by atoms with Gasteiger partial charge >= 0.3 is 11.8 Å². The van der Waals surface area contributed by atoms with E-state index in [0.29, 0.717) is 28.6 Å². The molecule has 0 radical (unpaired) electrons. The Bertz CT molecular complexity index is 864. The molecule has 0 unspecified atom stereocenters. The summed E-state index contributed by atoms with van der Waals surface area (Å²) in [6.07, 6.45) is 0.654. The second kappa shape index (κ2) is 7.47. The smallest absolute Gasteiger partial charge is 0.308 e. The van der Waals surface area contributed by atoms with Crippen molar-refractivity contribution in [3.8, 4) is 11.5 Å². The first-order chi connectivity index (χ1) is 11.6. The molecule has 1 heterocycles. The van der Waals surface area contributed by atoms with E-state index < -0.39 is 5.91 Å². The summed E-state index contributed by atoms with van der Waals surface area (Å²) in [5.41, 5.74) is 1.70. The topological polar surface area (TPSA) is 68.0 Å². The molecule has 24 heavy (non-hydrogen) atoms. The van der Waals surface area contributed by atoms with Crippen molar-refractivity contribution in [2.75, 3.05) is 6.54 Å². The summed E-state index contributed by atoms with van der Waals surface area (Å²) in [6, 6.07) is 14.5. The van der Waals surface area contributed by atoms with Crippen molar-refractivity contribution < 1.29 is 9.21 Å². The van der Waals surface area contributed by atoms with Crippen LogP contribution in [0, 0.1) is 0 Å². The Balaban J connectivity index is 1.60. The number of benzene rings is 2. The van der Waals surface area contributed by atoms with Gasteiger partial charge < -0.3 is 9.73 Å². The molecule has 3 rings (SSSR count). The molecular formula is C17H13Cl2N3O2. The van der Waals surface area contributed by atoms with Crippen LogP contribution >= 0.6 is 23.2 Å². The number of amides is 1. The molecule has 5 nitrogen and oxygen atoms in total. The van der Waals surface area contributed by atoms with Gasteiger partial charge in [0.15, 0.2) is 0 Å². The maximum atomic E-state index is 12.1. The highest BCUT2D eigenvalue weighted by Gasteiger charge is 2.15. The summed E-state index contributed by atoms with van der Waals surface area (Å²) in [6.45, 7) is 0.439. The molecule has 0 spiro atoms. The average molecular weight is 362 g/mol. The molecule has 7 heteroatoms. The Morgan fingerprint density at radius 2 is 1.79 bits per heavy atom. The predicted molar refractivity (Wildman–Crippen MR) is 92.2 cm³/mol. The average Bonchev–Trinajstić information content (AvgIpc) is 3.05. The van der Waals surface area contributed by atoms with Crippen molar-refractivity contribution in [1.82, 2.24) is 15.5 Å². The van der Waals surface area contributed by atoms with E-state index in [1.165, 1.54) is 0 Å². The van der Waals surface area contributed by atoms with E-state index in [1.807, 2.05) is 18.2 Å². The van der Waals surface area contributed by atoms with Crippen LogP contribution < -0.4 is 5.32 Å². The second-order valence-electron chi connectivity index (χ2n) is 5.06. The van der Waals surface area contributed by atoms with Gasteiger partial charge in [0, 0.05) is 22.2 Å². The quantitative estimate of drug-likeness (QED) is 0.745. The minimum absolute atomic E-state index is 0.0870. The van der Waals surface area contributed by atoms with Gasteiger partial charge in [0.05, 0.1) is 0 Å². The van der Waals surface area contributed by atoms with E-state index in [-0.39, 0.29) is 11.8 Å². The van der Waals surface area contributed by atoms with Crippen LogP contribution in [-0.4, -0.2) is 22.6 Å². The van der Waals surface area contributed by atoms with Gasteiger partial charge in [-0.25, -0.2) is 0 Å². The third-order valence-electron chi connectivity index (χ3n) is 3.28. The molecule has 122 valence electrons. The lowest BCUT2D eigenvalue weighted by Crippen LogP contribution is -2.26. The van der Waals surface area contributed by atoms with Crippen LogP contribution in [-0.2, 0) is 6.42 Å². The number of carbonyl (C=O) groups is 1. The number of aromatic nitrogens is 2. The number of nitrogens with zero attached hydrogens (tertiary/aromatic N) is 2. The van der Waals surface area contributed by atoms with Crippen molar-refractivity contribution in [2.45, 2.75) is 6.42 Å². The largest absolute Gasteiger partial charge is 0.412 e. The minimum atomic E-state index is -0.419. The van der Waals surface area contributed by atoms with Crippen molar-refractivity contribution in [3.05, 3.63) is 70.0 Å². The van der Waals surface area contributed by atoms with Crippen molar-refractivity contribution in [2.24, 2.45) is 0 Å². The Morgan fingerprint density at radius 3 is 2.54 bits per heavy atom. The summed E-state index contributed by atoms with van der Waals surface area (Å²) < 4.78 is 5.39. The van der Waals surface area contributed by atoms with Crippen LogP contribution in [0.3, 0.4) is 0 Å². The molecule has 1 aromatic heterocycles. The summed E-state index contributed by atoms with van der Waals surface area (Å²) in [7, 11) is 0. The first-order valence-electron chi connectivity index (χ1n) is 7.24. The zero-order valence-corrected chi connectivity index (χ0v) is 14.0. The van der Waals surface area contributed by atoms with Crippen LogP contribution in [0.25, 0.3) is 11.5 Å². The van der Waals surface area contributed by atoms with Gasteiger partial charge in [0.2, 0.25) is 5.89 Å². The molecule has 1 amide bonds. The summed E-state index contributed by atoms with van der Waals surface area (Å²) in [5.74, 6) is -0.258. The summed E-state index contributed by atoms with van der Waals surface area (Å²) in [5, 5.41) is 11.6. The first kappa shape index (κ1) is 16.5. The van der Waals surface area contributed by atoms with E-state index in [1.54, 1.807) is 30.3 Å². The van der Waals surface area contributed by atoms with E-state index >= 15 is 0 Å². The third-order valence-corrected chi connectivity index (χ3v) is 3.75. The fourth-order valence-corrected chi connectivity index (χ4v) is 2.54. The van der Waals surface area contributed by atoms with Crippen LogP contribution in [0.4, 0.5) is 0 Å². The lowest BCUT2D eigenvalue weighted by Gasteiger charge is -2.03. The zero-order chi connectivity index (χ0) is 16.9. The van der Waals surface area contributed by atoms with Gasteiger partial charge in [-0.05, 0) is 42.3 Å². The van der Waals surface area contributed by atoms with E-state index in [4.69, 9.17) is 27.6 Å². The Hall–Kier alpha value is -2.37. The van der Waals surface area contributed by atoms with E-state index in [9.17, 15) is 4.79 Å². The highest BCUT2D eigenvalue weighted by atomic mass is 35.5. The number of rotatable bonds is 5. The first-order valence-corrected chi connectivity index (χ1v) is 7.99. The highest BCUT2D eigenvalue weighted by molar-refractivity contribution is 6.31. The number of halogens is 2. The second-order valence-corrected chi connectivity index (χ2v) is 5.93.